The lowest BCUT2D eigenvalue weighted by Gasteiger charge is -2.09. The van der Waals surface area contributed by atoms with Crippen LogP contribution in [-0.4, -0.2) is 0 Å². The van der Waals surface area contributed by atoms with E-state index in [1.807, 2.05) is 6.07 Å². The van der Waals surface area contributed by atoms with Gasteiger partial charge >= 0.3 is 0 Å². The molecule has 2 nitrogen and oxygen atoms in total. The molecule has 0 atom stereocenters. The number of anilines is 1. The zero-order valence-electron chi connectivity index (χ0n) is 6.07. The molecular formula is C6H5Br4ClN2. The molecule has 0 amide bonds. The largest absolute Gasteiger partial charge is 0.322 e. The van der Waals surface area contributed by atoms with Gasteiger partial charge in [-0.15, -0.1) is 12.4 Å². The molecule has 13 heavy (non-hydrogen) atoms. The van der Waals surface area contributed by atoms with Crippen LogP contribution in [0.2, 0.25) is 0 Å². The van der Waals surface area contributed by atoms with Crippen molar-refractivity contribution in [3.63, 3.8) is 0 Å². The normalized spacial score (nSPS) is 9.31. The number of hydrazine groups is 1. The Hall–Kier alpha value is 1.19. The van der Waals surface area contributed by atoms with Crippen molar-refractivity contribution < 1.29 is 0 Å². The Morgan fingerprint density at radius 2 is 1.38 bits per heavy atom. The third kappa shape index (κ3) is 3.07. The van der Waals surface area contributed by atoms with Gasteiger partial charge in [-0.3, -0.25) is 5.84 Å². The molecule has 0 aliphatic carbocycles. The summed E-state index contributed by atoms with van der Waals surface area (Å²) in [5.41, 5.74) is 3.39. The fraction of sp³-hybridized carbons (Fsp3) is 0. The predicted molar refractivity (Wildman–Crippen MR) is 72.3 cm³/mol. The summed E-state index contributed by atoms with van der Waals surface area (Å²) in [5.74, 6) is 5.34. The van der Waals surface area contributed by atoms with Crippen molar-refractivity contribution in [2.45, 2.75) is 0 Å². The highest BCUT2D eigenvalue weighted by Gasteiger charge is 2.10. The number of nitrogens with one attached hydrogen (secondary N) is 1. The van der Waals surface area contributed by atoms with Crippen molar-refractivity contribution in [2.24, 2.45) is 5.84 Å². The van der Waals surface area contributed by atoms with Crippen LogP contribution in [0.25, 0.3) is 0 Å². The zero-order valence-corrected chi connectivity index (χ0v) is 13.2. The highest BCUT2D eigenvalue weighted by molar-refractivity contribution is 9.14. The topological polar surface area (TPSA) is 38.0 Å². The molecule has 0 aliphatic heterocycles. The van der Waals surface area contributed by atoms with Crippen molar-refractivity contribution in [1.29, 1.82) is 0 Å². The average Bonchev–Trinajstić information content (AvgIpc) is 2.02. The van der Waals surface area contributed by atoms with Crippen molar-refractivity contribution in [3.05, 3.63) is 24.0 Å². The predicted octanol–water partition coefficient (Wildman–Crippen LogP) is 4.44. The molecule has 0 saturated heterocycles. The molecule has 0 fully saturated rings. The van der Waals surface area contributed by atoms with E-state index in [4.69, 9.17) is 5.84 Å². The Balaban J connectivity index is 0.00000144. The number of nitrogen functional groups attached to an aromatic ring is 1. The van der Waals surface area contributed by atoms with Crippen LogP contribution in [0.15, 0.2) is 24.0 Å². The van der Waals surface area contributed by atoms with Gasteiger partial charge in [0.15, 0.2) is 0 Å². The van der Waals surface area contributed by atoms with E-state index in [-0.39, 0.29) is 12.4 Å². The lowest BCUT2D eigenvalue weighted by molar-refractivity contribution is 1.31. The monoisotopic (exact) mass is 456 g/mol. The SMILES string of the molecule is Cl.NNc1c(Br)c(Br)cc(Br)c1Br. The van der Waals surface area contributed by atoms with Crippen LogP contribution in [0.3, 0.4) is 0 Å². The van der Waals surface area contributed by atoms with E-state index in [9.17, 15) is 0 Å². The first-order valence-corrected chi connectivity index (χ1v) is 6.04. The Morgan fingerprint density at radius 3 is 1.69 bits per heavy atom. The Morgan fingerprint density at radius 1 is 1.00 bits per heavy atom. The van der Waals surface area contributed by atoms with E-state index < -0.39 is 0 Å². The fourth-order valence-corrected chi connectivity index (χ4v) is 2.98. The first kappa shape index (κ1) is 14.2. The molecule has 3 N–H and O–H groups in total. The molecule has 1 aromatic rings. The third-order valence-electron chi connectivity index (χ3n) is 1.26. The molecule has 0 heterocycles. The van der Waals surface area contributed by atoms with Gasteiger partial charge in [0.25, 0.3) is 0 Å². The lowest BCUT2D eigenvalue weighted by atomic mass is 10.3. The first-order chi connectivity index (χ1) is 5.57. The third-order valence-corrected chi connectivity index (χ3v) is 5.22. The number of benzene rings is 1. The summed E-state index contributed by atoms with van der Waals surface area (Å²) in [6.07, 6.45) is 0. The van der Waals surface area contributed by atoms with E-state index in [1.54, 1.807) is 0 Å². The van der Waals surface area contributed by atoms with Gasteiger partial charge in [-0.25, -0.2) is 0 Å². The Kier molecular flexibility index (Phi) is 6.47. The van der Waals surface area contributed by atoms with Crippen molar-refractivity contribution >= 4 is 81.8 Å². The number of hydrogen-bond donors (Lipinski definition) is 2. The Bertz CT molecular complexity index is 292. The van der Waals surface area contributed by atoms with Crippen LogP contribution in [0.4, 0.5) is 5.69 Å². The summed E-state index contributed by atoms with van der Waals surface area (Å²) in [4.78, 5) is 0. The number of hydrogen-bond acceptors (Lipinski definition) is 2. The van der Waals surface area contributed by atoms with Crippen LogP contribution in [0, 0.1) is 0 Å². The lowest BCUT2D eigenvalue weighted by Crippen LogP contribution is -2.08. The maximum atomic E-state index is 5.34. The molecule has 0 aromatic heterocycles. The molecule has 0 aliphatic rings. The summed E-state index contributed by atoms with van der Waals surface area (Å²) < 4.78 is 3.65. The van der Waals surface area contributed by atoms with E-state index in [0.29, 0.717) is 0 Å². The second kappa shape index (κ2) is 5.92. The van der Waals surface area contributed by atoms with Crippen LogP contribution in [0.1, 0.15) is 0 Å². The molecule has 0 unspecified atom stereocenters. The van der Waals surface area contributed by atoms with Crippen molar-refractivity contribution in [1.82, 2.24) is 0 Å². The highest BCUT2D eigenvalue weighted by atomic mass is 79.9. The van der Waals surface area contributed by atoms with Gasteiger partial charge in [-0.05, 0) is 69.8 Å². The molecule has 1 aromatic carbocycles. The van der Waals surface area contributed by atoms with E-state index >= 15 is 0 Å². The van der Waals surface area contributed by atoms with Crippen LogP contribution < -0.4 is 11.3 Å². The van der Waals surface area contributed by atoms with E-state index in [2.05, 4.69) is 69.1 Å². The molecule has 0 radical (unpaired) electrons. The first-order valence-electron chi connectivity index (χ1n) is 2.87. The summed E-state index contributed by atoms with van der Waals surface area (Å²) in [6.45, 7) is 0. The second-order valence-corrected chi connectivity index (χ2v) is 5.28. The number of rotatable bonds is 1. The summed E-state index contributed by atoms with van der Waals surface area (Å²) in [7, 11) is 0. The Labute approximate surface area is 116 Å². The summed E-state index contributed by atoms with van der Waals surface area (Å²) >= 11 is 13.5. The van der Waals surface area contributed by atoms with Gasteiger partial charge in [0.05, 0.1) is 14.6 Å². The maximum absolute atomic E-state index is 5.34. The molecule has 7 heteroatoms. The van der Waals surface area contributed by atoms with Crippen molar-refractivity contribution in [3.8, 4) is 0 Å². The molecule has 0 saturated carbocycles. The summed E-state index contributed by atoms with van der Waals surface area (Å²) in [6, 6.07) is 1.93. The second-order valence-electron chi connectivity index (χ2n) is 1.99. The van der Waals surface area contributed by atoms with E-state index in [1.165, 1.54) is 0 Å². The number of halogens is 5. The maximum Gasteiger partial charge on any atom is 0.0794 e. The van der Waals surface area contributed by atoms with Crippen molar-refractivity contribution in [2.75, 3.05) is 5.43 Å². The zero-order chi connectivity index (χ0) is 9.30. The van der Waals surface area contributed by atoms with Gasteiger partial charge in [0.1, 0.15) is 0 Å². The van der Waals surface area contributed by atoms with Gasteiger partial charge in [0, 0.05) is 8.95 Å². The minimum Gasteiger partial charge on any atom is -0.322 e. The smallest absolute Gasteiger partial charge is 0.0794 e. The van der Waals surface area contributed by atoms with Crippen LogP contribution in [0.5, 0.6) is 0 Å². The van der Waals surface area contributed by atoms with Gasteiger partial charge in [0.2, 0.25) is 0 Å². The standard InChI is InChI=1S/C6H4Br4N2.ClH/c7-2-1-3(8)5(10)6(12-11)4(2)9;/h1,12H,11H2;1H. The molecular weight excluding hydrogens is 455 g/mol. The van der Waals surface area contributed by atoms with Crippen LogP contribution >= 0.6 is 76.1 Å². The van der Waals surface area contributed by atoms with Gasteiger partial charge in [-0.1, -0.05) is 0 Å². The molecule has 0 bridgehead atoms. The van der Waals surface area contributed by atoms with Gasteiger partial charge < -0.3 is 5.43 Å². The van der Waals surface area contributed by atoms with Crippen LogP contribution in [-0.2, 0) is 0 Å². The summed E-state index contributed by atoms with van der Waals surface area (Å²) in [5, 5.41) is 0. The minimum absolute atomic E-state index is 0. The quantitative estimate of drug-likeness (QED) is 0.370. The average molecular weight is 460 g/mol. The molecule has 0 spiro atoms. The fourth-order valence-electron chi connectivity index (χ4n) is 0.700. The van der Waals surface area contributed by atoms with Gasteiger partial charge in [-0.2, -0.15) is 0 Å². The van der Waals surface area contributed by atoms with E-state index in [0.717, 1.165) is 23.6 Å². The highest BCUT2D eigenvalue weighted by Crippen LogP contribution is 2.40. The molecule has 1 rings (SSSR count). The minimum atomic E-state index is 0. The number of nitrogens with two attached hydrogens (primary N) is 1. The molecule has 74 valence electrons.